The molecule has 7 nitrogen and oxygen atoms in total. The van der Waals surface area contributed by atoms with Gasteiger partial charge in [0.15, 0.2) is 0 Å². The Hall–Kier alpha value is -2.59. The summed E-state index contributed by atoms with van der Waals surface area (Å²) in [7, 11) is 0. The fourth-order valence-electron chi connectivity index (χ4n) is 2.97. The Morgan fingerprint density at radius 3 is 2.87 bits per heavy atom. The molecule has 2 aromatic heterocycles. The average molecular weight is 313 g/mol. The van der Waals surface area contributed by atoms with E-state index in [1.165, 1.54) is 0 Å². The van der Waals surface area contributed by atoms with Crippen LogP contribution in [0.2, 0.25) is 0 Å². The number of nitrogens with one attached hydrogen (secondary N) is 1. The van der Waals surface area contributed by atoms with E-state index in [2.05, 4.69) is 21.4 Å². The molecule has 0 aromatic carbocycles. The van der Waals surface area contributed by atoms with Crippen LogP contribution in [0.1, 0.15) is 28.4 Å². The number of hydrogen-bond donors (Lipinski definition) is 1. The number of ether oxygens (including phenoxy) is 1. The lowest BCUT2D eigenvalue weighted by Crippen LogP contribution is -2.44. The molecule has 0 aliphatic carbocycles. The molecule has 3 heterocycles. The van der Waals surface area contributed by atoms with Crippen LogP contribution < -0.4 is 10.2 Å². The normalized spacial score (nSPS) is 14.7. The monoisotopic (exact) mass is 313 g/mol. The van der Waals surface area contributed by atoms with Gasteiger partial charge in [0, 0.05) is 32.4 Å². The summed E-state index contributed by atoms with van der Waals surface area (Å²) in [6.07, 6.45) is 3.23. The summed E-state index contributed by atoms with van der Waals surface area (Å²) in [5, 5.41) is 17.0. The van der Waals surface area contributed by atoms with Crippen LogP contribution in [0.3, 0.4) is 0 Å². The van der Waals surface area contributed by atoms with E-state index >= 15 is 0 Å². The van der Waals surface area contributed by atoms with Crippen LogP contribution in [-0.4, -0.2) is 48.4 Å². The number of fused-ring (bicyclic) bond motifs is 1. The summed E-state index contributed by atoms with van der Waals surface area (Å²) in [4.78, 5) is 14.3. The van der Waals surface area contributed by atoms with Gasteiger partial charge in [0.1, 0.15) is 6.07 Å². The maximum absolute atomic E-state index is 12.1. The zero-order valence-corrected chi connectivity index (χ0v) is 13.3. The number of esters is 1. The van der Waals surface area contributed by atoms with Crippen LogP contribution in [0.4, 0.5) is 5.69 Å². The number of nitrogens with zero attached hydrogens (tertiary/aromatic N) is 4. The number of nitriles is 1. The highest BCUT2D eigenvalue weighted by atomic mass is 16.5. The molecule has 2 aromatic rings. The van der Waals surface area contributed by atoms with Crippen LogP contribution >= 0.6 is 0 Å². The molecule has 1 fully saturated rings. The highest BCUT2D eigenvalue weighted by Crippen LogP contribution is 2.31. The molecule has 0 radical (unpaired) electrons. The van der Waals surface area contributed by atoms with Crippen molar-refractivity contribution in [3.05, 3.63) is 29.1 Å². The third-order valence-corrected chi connectivity index (χ3v) is 4.08. The number of carbonyl (C=O) groups is 1. The molecular formula is C16H19N5O2. The molecule has 1 aliphatic rings. The van der Waals surface area contributed by atoms with E-state index in [-0.39, 0.29) is 5.97 Å². The van der Waals surface area contributed by atoms with Crippen LogP contribution in [0.15, 0.2) is 12.4 Å². The molecule has 0 saturated carbocycles. The van der Waals surface area contributed by atoms with Gasteiger partial charge in [0.2, 0.25) is 0 Å². The maximum atomic E-state index is 12.1. The largest absolute Gasteiger partial charge is 0.462 e. The minimum Gasteiger partial charge on any atom is -0.462 e. The third kappa shape index (κ3) is 2.62. The first-order valence-corrected chi connectivity index (χ1v) is 7.71. The van der Waals surface area contributed by atoms with Crippen molar-refractivity contribution < 1.29 is 9.53 Å². The molecule has 0 unspecified atom stereocenters. The molecule has 0 amide bonds. The number of aromatic nitrogens is 2. The minimum atomic E-state index is -0.361. The lowest BCUT2D eigenvalue weighted by molar-refractivity contribution is 0.0525. The van der Waals surface area contributed by atoms with Crippen LogP contribution in [0.5, 0.6) is 0 Å². The van der Waals surface area contributed by atoms with E-state index in [1.807, 2.05) is 6.92 Å². The summed E-state index contributed by atoms with van der Waals surface area (Å²) in [6, 6.07) is 2.22. The molecule has 0 atom stereocenters. The van der Waals surface area contributed by atoms with Gasteiger partial charge in [-0.2, -0.15) is 10.4 Å². The molecular weight excluding hydrogens is 294 g/mol. The van der Waals surface area contributed by atoms with Gasteiger partial charge in [0.25, 0.3) is 0 Å². The molecule has 1 saturated heterocycles. The summed E-state index contributed by atoms with van der Waals surface area (Å²) >= 11 is 0. The van der Waals surface area contributed by atoms with Gasteiger partial charge in [-0.25, -0.2) is 9.31 Å². The first-order valence-electron chi connectivity index (χ1n) is 7.71. The number of rotatable bonds is 3. The van der Waals surface area contributed by atoms with Crippen molar-refractivity contribution in [2.75, 3.05) is 37.7 Å². The zero-order valence-electron chi connectivity index (χ0n) is 13.3. The van der Waals surface area contributed by atoms with Gasteiger partial charge in [-0.05, 0) is 19.4 Å². The van der Waals surface area contributed by atoms with Crippen LogP contribution in [-0.2, 0) is 4.74 Å². The lowest BCUT2D eigenvalue weighted by atomic mass is 10.1. The van der Waals surface area contributed by atoms with Crippen LogP contribution in [0, 0.1) is 18.3 Å². The van der Waals surface area contributed by atoms with Crippen molar-refractivity contribution in [3.63, 3.8) is 0 Å². The van der Waals surface area contributed by atoms with E-state index in [4.69, 9.17) is 4.74 Å². The standard InChI is InChI=1S/C16H19N5O2/c1-3-23-16(22)13-10-21-14(11(13)2)15(12(8-17)9-19-21)20-6-4-18-5-7-20/h9-10,18H,3-7H2,1-2H3. The molecule has 1 aliphatic heterocycles. The summed E-state index contributed by atoms with van der Waals surface area (Å²) in [6.45, 7) is 7.33. The second-order valence-corrected chi connectivity index (χ2v) is 5.44. The Labute approximate surface area is 134 Å². The van der Waals surface area contributed by atoms with Gasteiger partial charge in [-0.15, -0.1) is 0 Å². The summed E-state index contributed by atoms with van der Waals surface area (Å²) in [5.41, 5.74) is 3.45. The maximum Gasteiger partial charge on any atom is 0.340 e. The summed E-state index contributed by atoms with van der Waals surface area (Å²) < 4.78 is 6.78. The lowest BCUT2D eigenvalue weighted by Gasteiger charge is -2.30. The van der Waals surface area contributed by atoms with Crippen molar-refractivity contribution >= 4 is 17.2 Å². The molecule has 23 heavy (non-hydrogen) atoms. The Balaban J connectivity index is 2.19. The van der Waals surface area contributed by atoms with Crippen LogP contribution in [0.25, 0.3) is 5.52 Å². The SMILES string of the molecule is CCOC(=O)c1cn2ncc(C#N)c(N3CCNCC3)c2c1C. The van der Waals surface area contributed by atoms with Crippen molar-refractivity contribution in [2.24, 2.45) is 0 Å². The Kier molecular flexibility index (Phi) is 4.17. The average Bonchev–Trinajstić information content (AvgIpc) is 2.92. The Morgan fingerprint density at radius 2 is 2.22 bits per heavy atom. The number of aryl methyl sites for hydroxylation is 1. The number of carbonyl (C=O) groups excluding carboxylic acids is 1. The zero-order chi connectivity index (χ0) is 16.4. The summed E-state index contributed by atoms with van der Waals surface area (Å²) in [5.74, 6) is -0.361. The van der Waals surface area contributed by atoms with E-state index in [0.717, 1.165) is 42.9 Å². The molecule has 0 bridgehead atoms. The highest BCUT2D eigenvalue weighted by molar-refractivity contribution is 5.96. The molecule has 0 spiro atoms. The smallest absolute Gasteiger partial charge is 0.340 e. The van der Waals surface area contributed by atoms with Gasteiger partial charge < -0.3 is 15.0 Å². The molecule has 1 N–H and O–H groups in total. The number of piperazine rings is 1. The number of anilines is 1. The van der Waals surface area contributed by atoms with E-state index in [0.29, 0.717) is 17.7 Å². The predicted molar refractivity (Wildman–Crippen MR) is 85.7 cm³/mol. The fourth-order valence-corrected chi connectivity index (χ4v) is 2.97. The van der Waals surface area contributed by atoms with Gasteiger partial charge in [0.05, 0.1) is 35.1 Å². The van der Waals surface area contributed by atoms with E-state index in [9.17, 15) is 10.1 Å². The predicted octanol–water partition coefficient (Wildman–Crippen LogP) is 1.10. The molecule has 120 valence electrons. The van der Waals surface area contributed by atoms with Crippen molar-refractivity contribution in [3.8, 4) is 6.07 Å². The van der Waals surface area contributed by atoms with E-state index < -0.39 is 0 Å². The second kappa shape index (κ2) is 6.26. The van der Waals surface area contributed by atoms with Crippen molar-refractivity contribution in [1.82, 2.24) is 14.9 Å². The third-order valence-electron chi connectivity index (χ3n) is 4.08. The first kappa shape index (κ1) is 15.3. The second-order valence-electron chi connectivity index (χ2n) is 5.44. The van der Waals surface area contributed by atoms with Crippen molar-refractivity contribution in [2.45, 2.75) is 13.8 Å². The molecule has 7 heteroatoms. The topological polar surface area (TPSA) is 82.7 Å². The first-order chi connectivity index (χ1) is 11.2. The van der Waals surface area contributed by atoms with E-state index in [1.54, 1.807) is 23.8 Å². The van der Waals surface area contributed by atoms with Gasteiger partial charge in [-0.1, -0.05) is 0 Å². The quantitative estimate of drug-likeness (QED) is 0.855. The highest BCUT2D eigenvalue weighted by Gasteiger charge is 2.24. The number of hydrogen-bond acceptors (Lipinski definition) is 6. The fraction of sp³-hybridized carbons (Fsp3) is 0.438. The minimum absolute atomic E-state index is 0.325. The van der Waals surface area contributed by atoms with Gasteiger partial charge in [-0.3, -0.25) is 0 Å². The Morgan fingerprint density at radius 1 is 1.48 bits per heavy atom. The Bertz CT molecular complexity index is 784. The van der Waals surface area contributed by atoms with Crippen molar-refractivity contribution in [1.29, 1.82) is 5.26 Å². The molecule has 3 rings (SSSR count). The van der Waals surface area contributed by atoms with Gasteiger partial charge >= 0.3 is 5.97 Å².